The van der Waals surface area contributed by atoms with Gasteiger partial charge in [0.15, 0.2) is 0 Å². The highest BCUT2D eigenvalue weighted by Gasteiger charge is 2.25. The van der Waals surface area contributed by atoms with Crippen molar-refractivity contribution in [1.29, 1.82) is 0 Å². The molecule has 1 saturated heterocycles. The molecule has 4 aromatic carbocycles. The number of benzene rings is 4. The van der Waals surface area contributed by atoms with E-state index in [0.29, 0.717) is 13.2 Å². The molecule has 0 bridgehead atoms. The smallest absolute Gasteiger partial charge is 0.119 e. The second kappa shape index (κ2) is 12.0. The minimum atomic E-state index is -0.217. The van der Waals surface area contributed by atoms with Gasteiger partial charge in [-0.2, -0.15) is 0 Å². The van der Waals surface area contributed by atoms with Crippen molar-refractivity contribution in [3.8, 4) is 22.8 Å². The molecule has 0 atom stereocenters. The van der Waals surface area contributed by atoms with Gasteiger partial charge < -0.3 is 14.0 Å². The Labute approximate surface area is 235 Å². The lowest BCUT2D eigenvalue weighted by atomic mass is 10.0. The van der Waals surface area contributed by atoms with Gasteiger partial charge in [-0.3, -0.25) is 9.29 Å². The fraction of sp³-hybridized carbons (Fsp3) is 0.257. The largest absolute Gasteiger partial charge is 0.492 e. The molecule has 0 aliphatic carbocycles. The van der Waals surface area contributed by atoms with E-state index in [0.717, 1.165) is 43.2 Å². The first-order chi connectivity index (χ1) is 19.7. The zero-order valence-corrected chi connectivity index (χ0v) is 22.9. The number of likely N-dealkylation sites (tertiary alicyclic amines) is 1. The van der Waals surface area contributed by atoms with E-state index in [1.54, 1.807) is 0 Å². The summed E-state index contributed by atoms with van der Waals surface area (Å²) in [6.45, 7) is 6.45. The Morgan fingerprint density at radius 1 is 0.750 bits per heavy atom. The van der Waals surface area contributed by atoms with Gasteiger partial charge in [0.2, 0.25) is 0 Å². The van der Waals surface area contributed by atoms with Crippen LogP contribution < -0.4 is 9.47 Å². The molecule has 2 heterocycles. The molecule has 0 radical (unpaired) electrons. The zero-order valence-electron chi connectivity index (χ0n) is 22.9. The Morgan fingerprint density at radius 3 is 2.17 bits per heavy atom. The minimum Gasteiger partial charge on any atom is -0.492 e. The molecule has 6 rings (SSSR count). The van der Waals surface area contributed by atoms with Gasteiger partial charge in [0, 0.05) is 43.0 Å². The topological polar surface area (TPSA) is 26.6 Å². The maximum Gasteiger partial charge on any atom is 0.119 e. The molecule has 40 heavy (non-hydrogen) atoms. The lowest BCUT2D eigenvalue weighted by Crippen LogP contribution is -2.49. The van der Waals surface area contributed by atoms with Crippen molar-refractivity contribution in [2.75, 3.05) is 32.9 Å². The zero-order chi connectivity index (χ0) is 27.3. The molecule has 1 aromatic heterocycles. The third kappa shape index (κ3) is 5.75. The summed E-state index contributed by atoms with van der Waals surface area (Å²) in [7, 11) is 0. The van der Waals surface area contributed by atoms with Crippen LogP contribution in [0.4, 0.5) is 4.39 Å². The average Bonchev–Trinajstić information content (AvgIpc) is 3.26. The number of hydrogen-bond donors (Lipinski definition) is 0. The van der Waals surface area contributed by atoms with Crippen LogP contribution in [-0.4, -0.2) is 42.4 Å². The predicted octanol–water partition coefficient (Wildman–Crippen LogP) is 7.52. The van der Waals surface area contributed by atoms with Gasteiger partial charge in [-0.05, 0) is 71.6 Å². The number of alkyl halides is 1. The van der Waals surface area contributed by atoms with E-state index in [4.69, 9.17) is 9.47 Å². The second-order valence-electron chi connectivity index (χ2n) is 10.6. The van der Waals surface area contributed by atoms with Gasteiger partial charge in [0.25, 0.3) is 0 Å². The Kier molecular flexibility index (Phi) is 7.83. The first-order valence-corrected chi connectivity index (χ1v) is 14.0. The fourth-order valence-electron chi connectivity index (χ4n) is 5.59. The number of para-hydroxylation sites is 1. The van der Waals surface area contributed by atoms with E-state index < -0.39 is 0 Å². The molecular weight excluding hydrogens is 499 g/mol. The molecule has 1 aliphatic rings. The SMILES string of the molecule is Cc1c(-c2ccc(OCc3ccccc3)cc2)n(Cc2ccc(OCCN3CC(CF)C3)cc2)c2ccccc12. The Hall–Kier alpha value is -4.09. The van der Waals surface area contributed by atoms with E-state index in [2.05, 4.69) is 89.2 Å². The normalized spacial score (nSPS) is 13.8. The number of aryl methyl sites for hydroxylation is 1. The minimum absolute atomic E-state index is 0.212. The number of fused-ring (bicyclic) bond motifs is 1. The Bertz CT molecular complexity index is 1540. The number of halogens is 1. The van der Waals surface area contributed by atoms with Crippen LogP contribution in [0.1, 0.15) is 16.7 Å². The van der Waals surface area contributed by atoms with Crippen molar-refractivity contribution in [3.05, 3.63) is 120 Å². The quantitative estimate of drug-likeness (QED) is 0.175. The molecule has 0 amide bonds. The summed E-state index contributed by atoms with van der Waals surface area (Å²) in [5.41, 5.74) is 7.25. The van der Waals surface area contributed by atoms with Crippen LogP contribution in [-0.2, 0) is 13.2 Å². The maximum absolute atomic E-state index is 12.6. The monoisotopic (exact) mass is 534 g/mol. The molecule has 0 unspecified atom stereocenters. The van der Waals surface area contributed by atoms with Crippen molar-refractivity contribution in [2.45, 2.75) is 20.1 Å². The van der Waals surface area contributed by atoms with Crippen LogP contribution in [0.15, 0.2) is 103 Å². The van der Waals surface area contributed by atoms with Crippen molar-refractivity contribution in [2.24, 2.45) is 5.92 Å². The van der Waals surface area contributed by atoms with Crippen LogP contribution in [0, 0.1) is 12.8 Å². The number of aromatic nitrogens is 1. The summed E-state index contributed by atoms with van der Waals surface area (Å²) in [4.78, 5) is 2.24. The summed E-state index contributed by atoms with van der Waals surface area (Å²) in [5.74, 6) is 1.94. The average molecular weight is 535 g/mol. The van der Waals surface area contributed by atoms with Crippen molar-refractivity contribution in [1.82, 2.24) is 9.47 Å². The van der Waals surface area contributed by atoms with Crippen molar-refractivity contribution < 1.29 is 13.9 Å². The standard InChI is InChI=1S/C35H35FN2O2/c1-26-33-9-5-6-10-34(33)38(24-27-11-15-31(16-12-27)39-20-19-37-22-29(21-36)23-37)35(26)30-13-17-32(18-14-30)40-25-28-7-3-2-4-8-28/h2-18,29H,19-25H2,1H3. The highest BCUT2D eigenvalue weighted by Crippen LogP contribution is 2.35. The molecule has 4 nitrogen and oxygen atoms in total. The highest BCUT2D eigenvalue weighted by atomic mass is 19.1. The Balaban J connectivity index is 1.17. The summed E-state index contributed by atoms with van der Waals surface area (Å²) in [5, 5.41) is 1.27. The number of nitrogens with zero attached hydrogens (tertiary/aromatic N) is 2. The summed E-state index contributed by atoms with van der Waals surface area (Å²) in [6.07, 6.45) is 0. The van der Waals surface area contributed by atoms with Crippen LogP contribution >= 0.6 is 0 Å². The van der Waals surface area contributed by atoms with Crippen LogP contribution in [0.2, 0.25) is 0 Å². The number of rotatable bonds is 11. The van der Waals surface area contributed by atoms with Crippen LogP contribution in [0.25, 0.3) is 22.2 Å². The first kappa shape index (κ1) is 26.1. The maximum atomic E-state index is 12.6. The summed E-state index contributed by atoms with van der Waals surface area (Å²) >= 11 is 0. The molecule has 1 aliphatic heterocycles. The van der Waals surface area contributed by atoms with Crippen molar-refractivity contribution in [3.63, 3.8) is 0 Å². The van der Waals surface area contributed by atoms with Gasteiger partial charge in [-0.15, -0.1) is 0 Å². The van der Waals surface area contributed by atoms with Gasteiger partial charge >= 0.3 is 0 Å². The predicted molar refractivity (Wildman–Crippen MR) is 160 cm³/mol. The third-order valence-corrected chi connectivity index (χ3v) is 7.79. The van der Waals surface area contributed by atoms with E-state index in [-0.39, 0.29) is 12.6 Å². The summed E-state index contributed by atoms with van der Waals surface area (Å²) in [6, 6.07) is 35.7. The third-order valence-electron chi connectivity index (χ3n) is 7.79. The molecule has 204 valence electrons. The van der Waals surface area contributed by atoms with E-state index in [9.17, 15) is 4.39 Å². The molecule has 0 spiro atoms. The molecule has 5 aromatic rings. The number of hydrogen-bond acceptors (Lipinski definition) is 3. The highest BCUT2D eigenvalue weighted by molar-refractivity contribution is 5.91. The molecule has 0 saturated carbocycles. The van der Waals surface area contributed by atoms with Gasteiger partial charge in [-0.25, -0.2) is 0 Å². The van der Waals surface area contributed by atoms with E-state index in [1.165, 1.54) is 33.3 Å². The van der Waals surface area contributed by atoms with Crippen LogP contribution in [0.3, 0.4) is 0 Å². The number of ether oxygens (including phenoxy) is 2. The first-order valence-electron chi connectivity index (χ1n) is 14.0. The Morgan fingerprint density at radius 2 is 1.43 bits per heavy atom. The van der Waals surface area contributed by atoms with Gasteiger partial charge in [-0.1, -0.05) is 60.7 Å². The molecular formula is C35H35FN2O2. The fourth-order valence-corrected chi connectivity index (χ4v) is 5.59. The van der Waals surface area contributed by atoms with E-state index >= 15 is 0 Å². The summed E-state index contributed by atoms with van der Waals surface area (Å²) < 4.78 is 27.0. The van der Waals surface area contributed by atoms with E-state index in [1.807, 2.05) is 30.3 Å². The van der Waals surface area contributed by atoms with Crippen molar-refractivity contribution >= 4 is 10.9 Å². The second-order valence-corrected chi connectivity index (χ2v) is 10.6. The van der Waals surface area contributed by atoms with Crippen LogP contribution in [0.5, 0.6) is 11.5 Å². The van der Waals surface area contributed by atoms with Gasteiger partial charge in [0.05, 0.1) is 12.4 Å². The molecule has 0 N–H and O–H groups in total. The lowest BCUT2D eigenvalue weighted by Gasteiger charge is -2.37. The lowest BCUT2D eigenvalue weighted by molar-refractivity contribution is 0.0668. The van der Waals surface area contributed by atoms with Gasteiger partial charge in [0.1, 0.15) is 24.7 Å². The molecule has 1 fully saturated rings. The molecule has 5 heteroatoms.